The van der Waals surface area contributed by atoms with Crippen molar-refractivity contribution in [2.24, 2.45) is 11.1 Å². The molecule has 0 aliphatic heterocycles. The fourth-order valence-corrected chi connectivity index (χ4v) is 4.46. The molecule has 40 heavy (non-hydrogen) atoms. The molecule has 0 bridgehead atoms. The molecule has 3 rings (SSSR count). The maximum absolute atomic E-state index is 14.7. The first-order valence-electron chi connectivity index (χ1n) is 13.8. The molecule has 8 heteroatoms. The molecule has 6 nitrogen and oxygen atoms in total. The van der Waals surface area contributed by atoms with Crippen LogP contribution in [0.5, 0.6) is 0 Å². The maximum Gasteiger partial charge on any atom is 0.248 e. The van der Waals surface area contributed by atoms with Gasteiger partial charge in [-0.2, -0.15) is 0 Å². The van der Waals surface area contributed by atoms with E-state index in [1.807, 2.05) is 55.7 Å². The number of benzene rings is 2. The van der Waals surface area contributed by atoms with Gasteiger partial charge in [0.1, 0.15) is 24.5 Å². The van der Waals surface area contributed by atoms with Crippen LogP contribution < -0.4 is 5.73 Å². The molecule has 2 unspecified atom stereocenters. The molecule has 0 spiro atoms. The van der Waals surface area contributed by atoms with Crippen molar-refractivity contribution in [3.8, 4) is 11.1 Å². The zero-order chi connectivity index (χ0) is 29.9. The Morgan fingerprint density at radius 2 is 1.73 bits per heavy atom. The molecular formula is C32H43F2N3O3. The molecule has 0 saturated carbocycles. The van der Waals surface area contributed by atoms with Gasteiger partial charge in [-0.3, -0.25) is 4.79 Å². The van der Waals surface area contributed by atoms with Gasteiger partial charge in [-0.15, -0.1) is 0 Å². The number of carbonyl (C=O) groups is 2. The minimum absolute atomic E-state index is 0.110. The number of nitrogens with zero attached hydrogens (tertiary/aromatic N) is 2. The lowest BCUT2D eigenvalue weighted by molar-refractivity contribution is -0.139. The summed E-state index contributed by atoms with van der Waals surface area (Å²) in [6.45, 7) is 10.1. The van der Waals surface area contributed by atoms with Crippen LogP contribution >= 0.6 is 0 Å². The van der Waals surface area contributed by atoms with Crippen molar-refractivity contribution in [2.45, 2.75) is 72.5 Å². The van der Waals surface area contributed by atoms with Crippen LogP contribution in [0.25, 0.3) is 11.1 Å². The van der Waals surface area contributed by atoms with Crippen LogP contribution in [-0.4, -0.2) is 46.0 Å². The van der Waals surface area contributed by atoms with Gasteiger partial charge in [0.05, 0.1) is 12.1 Å². The van der Waals surface area contributed by atoms with E-state index in [4.69, 9.17) is 5.73 Å². The number of aromatic nitrogens is 1. The lowest BCUT2D eigenvalue weighted by atomic mass is 9.82. The predicted molar refractivity (Wildman–Crippen MR) is 156 cm³/mol. The molecule has 0 fully saturated rings. The number of carbonyl (C=O) groups excluding carboxylic acids is 2. The van der Waals surface area contributed by atoms with E-state index in [0.717, 1.165) is 23.8 Å². The first-order valence-corrected chi connectivity index (χ1v) is 13.8. The van der Waals surface area contributed by atoms with Gasteiger partial charge in [0.15, 0.2) is 0 Å². The molecule has 218 valence electrons. The minimum Gasteiger partial charge on any atom is -0.387 e. The Bertz CT molecular complexity index is 1220. The van der Waals surface area contributed by atoms with Gasteiger partial charge < -0.3 is 25.1 Å². The zero-order valence-electron chi connectivity index (χ0n) is 24.2. The number of aldehydes is 1. The Balaban J connectivity index is 0.00000131. The Morgan fingerprint density at radius 1 is 1.07 bits per heavy atom. The Kier molecular flexibility index (Phi) is 12.7. The van der Waals surface area contributed by atoms with E-state index >= 15 is 0 Å². The van der Waals surface area contributed by atoms with Gasteiger partial charge in [-0.1, -0.05) is 77.8 Å². The van der Waals surface area contributed by atoms with Gasteiger partial charge >= 0.3 is 0 Å². The van der Waals surface area contributed by atoms with Crippen LogP contribution in [-0.2, 0) is 16.1 Å². The fourth-order valence-electron chi connectivity index (χ4n) is 4.46. The van der Waals surface area contributed by atoms with Crippen LogP contribution in [0.15, 0.2) is 60.8 Å². The number of halogens is 2. The summed E-state index contributed by atoms with van der Waals surface area (Å²) < 4.78 is 30.7. The number of nitrogens with two attached hydrogens (primary N) is 1. The van der Waals surface area contributed by atoms with Crippen molar-refractivity contribution < 1.29 is 23.5 Å². The molecule has 0 radical (unpaired) electrons. The van der Waals surface area contributed by atoms with Gasteiger partial charge in [0.25, 0.3) is 0 Å². The molecule has 2 aromatic carbocycles. The zero-order valence-corrected chi connectivity index (χ0v) is 24.2. The maximum atomic E-state index is 14.7. The molecular weight excluding hydrogens is 512 g/mol. The summed E-state index contributed by atoms with van der Waals surface area (Å²) in [5.74, 6) is -1.64. The summed E-state index contributed by atoms with van der Waals surface area (Å²) >= 11 is 0. The average Bonchev–Trinajstić information content (AvgIpc) is 3.33. The molecule has 1 amide bonds. The van der Waals surface area contributed by atoms with E-state index in [-0.39, 0.29) is 18.5 Å². The second kappa shape index (κ2) is 15.4. The standard InChI is InChI=1S/C28H33F2N3O3.C4H10/c1-28(2,3)27(33(26(36)18-35)12-11-22(31)17-34)25-13-20(23-14-21(29)9-10-24(23)30)16-32(25)15-19-7-5-4-6-8-19;1-3-4-2/h4-10,13-14,16-17,22,27,35H,11-12,15,18,31H2,1-3H3;3-4H2,1-2H3. The third-order valence-electron chi connectivity index (χ3n) is 6.61. The molecule has 1 heterocycles. The van der Waals surface area contributed by atoms with Crippen LogP contribution in [0.3, 0.4) is 0 Å². The molecule has 2 atom stereocenters. The molecule has 0 aliphatic rings. The molecule has 0 saturated heterocycles. The predicted octanol–water partition coefficient (Wildman–Crippen LogP) is 6.11. The van der Waals surface area contributed by atoms with E-state index in [2.05, 4.69) is 13.8 Å². The summed E-state index contributed by atoms with van der Waals surface area (Å²) in [5.41, 5.74) is 7.52. The van der Waals surface area contributed by atoms with Crippen LogP contribution in [0.2, 0.25) is 0 Å². The Hall–Kier alpha value is -3.36. The van der Waals surface area contributed by atoms with E-state index in [0.29, 0.717) is 24.1 Å². The average molecular weight is 556 g/mol. The highest BCUT2D eigenvalue weighted by molar-refractivity contribution is 5.78. The van der Waals surface area contributed by atoms with E-state index < -0.39 is 41.6 Å². The van der Waals surface area contributed by atoms with Crippen LogP contribution in [0.4, 0.5) is 8.78 Å². The van der Waals surface area contributed by atoms with E-state index in [9.17, 15) is 23.5 Å². The Labute approximate surface area is 236 Å². The van der Waals surface area contributed by atoms with Gasteiger partial charge in [0.2, 0.25) is 5.91 Å². The number of rotatable bonds is 11. The van der Waals surface area contributed by atoms with Crippen molar-refractivity contribution in [3.63, 3.8) is 0 Å². The lowest BCUT2D eigenvalue weighted by Gasteiger charge is -2.41. The van der Waals surface area contributed by atoms with Gasteiger partial charge in [0, 0.05) is 36.1 Å². The first-order chi connectivity index (χ1) is 19.0. The lowest BCUT2D eigenvalue weighted by Crippen LogP contribution is -2.45. The molecule has 0 aliphatic carbocycles. The monoisotopic (exact) mass is 555 g/mol. The topological polar surface area (TPSA) is 88.6 Å². The highest BCUT2D eigenvalue weighted by atomic mass is 19.1. The van der Waals surface area contributed by atoms with Crippen molar-refractivity contribution in [1.82, 2.24) is 9.47 Å². The molecule has 3 N–H and O–H groups in total. The minimum atomic E-state index is -0.757. The van der Waals surface area contributed by atoms with Gasteiger partial charge in [-0.05, 0) is 41.7 Å². The summed E-state index contributed by atoms with van der Waals surface area (Å²) in [4.78, 5) is 25.6. The van der Waals surface area contributed by atoms with Crippen molar-refractivity contribution in [3.05, 3.63) is 83.7 Å². The van der Waals surface area contributed by atoms with E-state index in [1.54, 1.807) is 12.3 Å². The number of unbranched alkanes of at least 4 members (excludes halogenated alkanes) is 1. The summed E-state index contributed by atoms with van der Waals surface area (Å²) in [5, 5.41) is 9.75. The number of aliphatic hydroxyl groups excluding tert-OH is 1. The summed E-state index contributed by atoms with van der Waals surface area (Å²) in [7, 11) is 0. The fraction of sp³-hybridized carbons (Fsp3) is 0.438. The van der Waals surface area contributed by atoms with Crippen LogP contribution in [0.1, 0.15) is 71.2 Å². The quantitative estimate of drug-likeness (QED) is 0.279. The van der Waals surface area contributed by atoms with Gasteiger partial charge in [-0.25, -0.2) is 8.78 Å². The molecule has 1 aromatic heterocycles. The normalized spacial score (nSPS) is 12.7. The highest BCUT2D eigenvalue weighted by Crippen LogP contribution is 2.41. The third kappa shape index (κ3) is 9.10. The number of amides is 1. The number of hydrogen-bond donors (Lipinski definition) is 2. The Morgan fingerprint density at radius 3 is 2.27 bits per heavy atom. The van der Waals surface area contributed by atoms with E-state index in [1.165, 1.54) is 17.7 Å². The van der Waals surface area contributed by atoms with Crippen molar-refractivity contribution in [2.75, 3.05) is 13.2 Å². The van der Waals surface area contributed by atoms with Crippen molar-refractivity contribution >= 4 is 12.2 Å². The molecule has 3 aromatic rings. The summed E-state index contributed by atoms with van der Waals surface area (Å²) in [6, 6.07) is 13.4. The first kappa shape index (κ1) is 32.8. The summed E-state index contributed by atoms with van der Waals surface area (Å²) in [6.07, 6.45) is 5.22. The van der Waals surface area contributed by atoms with Crippen molar-refractivity contribution in [1.29, 1.82) is 0 Å². The smallest absolute Gasteiger partial charge is 0.248 e. The second-order valence-corrected chi connectivity index (χ2v) is 11.0. The highest BCUT2D eigenvalue weighted by Gasteiger charge is 2.37. The number of aliphatic hydroxyl groups is 1. The SMILES string of the molecule is CC(C)(C)C(c1cc(-c2cc(F)ccc2F)cn1Cc1ccccc1)N(CCC(N)C=O)C(=O)CO.CCCC. The third-order valence-corrected chi connectivity index (χ3v) is 6.61. The largest absolute Gasteiger partial charge is 0.387 e. The van der Waals surface area contributed by atoms with Crippen LogP contribution in [0, 0.1) is 17.0 Å². The number of hydrogen-bond acceptors (Lipinski definition) is 4. The second-order valence-electron chi connectivity index (χ2n) is 11.0.